The van der Waals surface area contributed by atoms with E-state index in [1.807, 2.05) is 0 Å². The van der Waals surface area contributed by atoms with Gasteiger partial charge >= 0.3 is 0 Å². The minimum absolute atomic E-state index is 0.0908. The van der Waals surface area contributed by atoms with Crippen molar-refractivity contribution in [2.45, 2.75) is 59.3 Å². The van der Waals surface area contributed by atoms with Gasteiger partial charge in [0.15, 0.2) is 0 Å². The molecule has 0 aliphatic rings. The van der Waals surface area contributed by atoms with Crippen LogP contribution in [0.3, 0.4) is 0 Å². The van der Waals surface area contributed by atoms with Crippen molar-refractivity contribution in [1.82, 2.24) is 27.4 Å². The van der Waals surface area contributed by atoms with E-state index in [2.05, 4.69) is 436 Å². The fourth-order valence-electron chi connectivity index (χ4n) is 20.8. The Morgan fingerprint density at radius 2 is 0.433 bits per heavy atom. The molecule has 27 rings (SSSR count). The maximum Gasteiger partial charge on any atom is 0.0667 e. The molecule has 672 valence electrons. The quantitative estimate of drug-likeness (QED) is 0.117. The summed E-state index contributed by atoms with van der Waals surface area (Å²) in [6.07, 6.45) is 0. The van der Waals surface area contributed by atoms with Gasteiger partial charge in [-0.25, -0.2) is 0 Å². The van der Waals surface area contributed by atoms with Crippen LogP contribution in [0.5, 0.6) is 0 Å². The molecule has 0 radical (unpaired) electrons. The summed E-state index contributed by atoms with van der Waals surface area (Å²) in [5.41, 5.74) is 29.4. The fraction of sp³-hybridized carbons (Fsp3) is 0.0667. The van der Waals surface area contributed by atoms with Crippen molar-refractivity contribution in [2.75, 3.05) is 0 Å². The standard InChI is InChI=1S/C60H40N2.C44H40N2.C31H22N2/c1-5-15-41(16-6-1)47-27-31-57-53(37-47)54-38-48(42-17-7-2-8-18-42)28-32-58(54)61(57)51-25-13-23-45(35-51)46-24-14-26-52(36-46)62-59-33-29-49(43-19-9-3-10-20-43)39-55(59)56-40-50(30-34-60(56)62)44-21-11-4-12-22-44;1-43(2,3)31-21-23-41-37(27-31)35-17-7-9-19-39(35)45(41)33-15-11-13-29(25-33)30-14-12-16-34(26-30)46-40-20-10-8-18-36(40)38-28-32(44(4,5)6)22-24-42(38)46;1-21-10-8-19-30-31(21)26-15-4-7-18-29(26)33(30)23-12-9-11-22(20-23)32-27-16-5-2-13-24(27)25-14-3-6-17-28(25)32/h1-40H;7-28H,1-6H3;2-20H,1H3/i;;2D,3D,4D,5D,6D,7D,8D,9D,11D,12D,13D,14D,15D,16D,17D,18D,19D,20D. The molecule has 21 aromatic carbocycles. The number of nitrogens with zero attached hydrogens (tertiary/aromatic N) is 6. The minimum Gasteiger partial charge on any atom is -0.309 e. The molecule has 0 fully saturated rings. The highest BCUT2D eigenvalue weighted by molar-refractivity contribution is 6.17. The average molecular weight is 1830 g/mol. The highest BCUT2D eigenvalue weighted by Crippen LogP contribution is 2.46. The van der Waals surface area contributed by atoms with Gasteiger partial charge in [0, 0.05) is 98.8 Å². The molecule has 0 saturated heterocycles. The van der Waals surface area contributed by atoms with E-state index >= 15 is 0 Å². The van der Waals surface area contributed by atoms with E-state index in [0.29, 0.717) is 5.56 Å². The molecule has 0 amide bonds. The van der Waals surface area contributed by atoms with Crippen LogP contribution < -0.4 is 0 Å². The molecule has 0 atom stereocenters. The molecule has 6 nitrogen and oxygen atoms in total. The molecule has 0 bridgehead atoms. The number of benzene rings is 21. The first-order valence-corrected chi connectivity index (χ1v) is 47.6. The van der Waals surface area contributed by atoms with Gasteiger partial charge < -0.3 is 27.4 Å². The van der Waals surface area contributed by atoms with Crippen LogP contribution in [0.2, 0.25) is 0 Å². The summed E-state index contributed by atoms with van der Waals surface area (Å²) in [5.74, 6) is 0. The van der Waals surface area contributed by atoms with Gasteiger partial charge in [0.05, 0.1) is 90.9 Å². The second-order valence-electron chi connectivity index (χ2n) is 38.3. The molecule has 6 heteroatoms. The predicted molar refractivity (Wildman–Crippen MR) is 600 cm³/mol. The number of rotatable bonds is 12. The van der Waals surface area contributed by atoms with E-state index in [4.69, 9.17) is 23.3 Å². The molecule has 0 aliphatic carbocycles. The second kappa shape index (κ2) is 34.6. The van der Waals surface area contributed by atoms with Crippen molar-refractivity contribution < 1.29 is 24.7 Å². The van der Waals surface area contributed by atoms with E-state index in [0.717, 1.165) is 20.5 Å². The Kier molecular flexibility index (Phi) is 16.6. The van der Waals surface area contributed by atoms with Crippen LogP contribution in [-0.2, 0) is 10.8 Å². The van der Waals surface area contributed by atoms with Crippen LogP contribution >= 0.6 is 0 Å². The Balaban J connectivity index is 0.000000123. The number of hydrogen-bond donors (Lipinski definition) is 0. The zero-order valence-corrected chi connectivity index (χ0v) is 78.6. The first-order valence-electron chi connectivity index (χ1n) is 56.6. The van der Waals surface area contributed by atoms with Crippen LogP contribution in [0.25, 0.3) is 232 Å². The van der Waals surface area contributed by atoms with Gasteiger partial charge in [-0.15, -0.1) is 0 Å². The Morgan fingerprint density at radius 3 is 0.780 bits per heavy atom. The largest absolute Gasteiger partial charge is 0.309 e. The van der Waals surface area contributed by atoms with Crippen molar-refractivity contribution in [1.29, 1.82) is 0 Å². The molecule has 6 heterocycles. The van der Waals surface area contributed by atoms with Gasteiger partial charge in [-0.1, -0.05) is 357 Å². The minimum atomic E-state index is -0.853. The van der Waals surface area contributed by atoms with Crippen LogP contribution in [0.1, 0.15) is 82.9 Å². The topological polar surface area (TPSA) is 29.6 Å². The van der Waals surface area contributed by atoms with Gasteiger partial charge in [-0.05, 0) is 277 Å². The van der Waals surface area contributed by atoms with Crippen molar-refractivity contribution in [3.8, 4) is 101 Å². The third-order valence-electron chi connectivity index (χ3n) is 27.7. The Labute approximate surface area is 846 Å². The van der Waals surface area contributed by atoms with E-state index in [1.165, 1.54) is 183 Å². The fourth-order valence-corrected chi connectivity index (χ4v) is 20.8. The zero-order valence-electron chi connectivity index (χ0n) is 96.6. The molecule has 27 aromatic rings. The van der Waals surface area contributed by atoms with Gasteiger partial charge in [-0.3, -0.25) is 0 Å². The van der Waals surface area contributed by atoms with Crippen LogP contribution in [0, 0.1) is 6.92 Å². The molecular formula is C135H102N6. The Hall–Kier alpha value is -17.6. The number of aryl methyl sites for hydroxylation is 1. The van der Waals surface area contributed by atoms with Crippen LogP contribution in [-0.4, -0.2) is 27.4 Å². The zero-order chi connectivity index (χ0) is 110. The molecule has 0 unspecified atom stereocenters. The first kappa shape index (κ1) is 67.6. The van der Waals surface area contributed by atoms with E-state index in [-0.39, 0.29) is 49.5 Å². The summed E-state index contributed by atoms with van der Waals surface area (Å²) in [6, 6.07) is 127. The second-order valence-corrected chi connectivity index (χ2v) is 38.3. The average Bonchev–Trinajstić information content (AvgIpc) is 1.53. The van der Waals surface area contributed by atoms with Gasteiger partial charge in [-0.2, -0.15) is 0 Å². The SMILES string of the molecule is CC(C)(C)c1ccc2c(c1)c1ccccc1n2-c1cccc(-c2cccc(-n3c4ccccc4c4cc(C(C)(C)C)ccc43)c2)c1.[2H]c1cc(C)c2c3c([2H])c([2H])c([2H])c([2H])c3n(-c3c([2H])c([2H])c([2H])c(-n4c5c([2H])c([2H])c([2H])c([2H])c5c5c([2H])c([2H])c([2H])c([2H])c54)c3[2H])c2c1[2H].c1ccc(-c2ccc3c(c2)c2cc(-c4ccccc4)ccc2n3-c2cccc(-c3cccc(-n4c5ccc(-c6ccccc6)cc5c5cc(-c6ccccc6)ccc54)c3)c2)cc1. The number of aromatic nitrogens is 6. The van der Waals surface area contributed by atoms with Gasteiger partial charge in [0.1, 0.15) is 0 Å². The molecular weight excluding hydrogens is 1710 g/mol. The number of para-hydroxylation sites is 5. The molecule has 0 N–H and O–H groups in total. The summed E-state index contributed by atoms with van der Waals surface area (Å²) in [4.78, 5) is 0. The van der Waals surface area contributed by atoms with Crippen LogP contribution in [0.4, 0.5) is 0 Å². The third kappa shape index (κ3) is 15.1. The lowest BCUT2D eigenvalue weighted by atomic mass is 9.86. The van der Waals surface area contributed by atoms with Crippen molar-refractivity contribution >= 4 is 131 Å². The summed E-state index contributed by atoms with van der Waals surface area (Å²) in [7, 11) is 0. The highest BCUT2D eigenvalue weighted by Gasteiger charge is 2.25. The molecule has 0 aliphatic heterocycles. The monoisotopic (exact) mass is 1820 g/mol. The highest BCUT2D eigenvalue weighted by atomic mass is 15.0. The normalized spacial score (nSPS) is 13.7. The van der Waals surface area contributed by atoms with E-state index in [9.17, 15) is 1.37 Å². The third-order valence-corrected chi connectivity index (χ3v) is 27.7. The molecule has 0 saturated carbocycles. The summed E-state index contributed by atoms with van der Waals surface area (Å²) >= 11 is 0. The maximum atomic E-state index is 9.57. The molecule has 141 heavy (non-hydrogen) atoms. The lowest BCUT2D eigenvalue weighted by Gasteiger charge is -2.19. The summed E-state index contributed by atoms with van der Waals surface area (Å²) in [5, 5.41) is 9.46. The van der Waals surface area contributed by atoms with Crippen molar-refractivity contribution in [3.05, 3.63) is 508 Å². The predicted octanol–water partition coefficient (Wildman–Crippen LogP) is 36.5. The van der Waals surface area contributed by atoms with Crippen LogP contribution in [0.15, 0.2) is 491 Å². The lowest BCUT2D eigenvalue weighted by molar-refractivity contribution is 0.591. The smallest absolute Gasteiger partial charge is 0.0667 e. The number of hydrogen-bond acceptors (Lipinski definition) is 0. The van der Waals surface area contributed by atoms with Gasteiger partial charge in [0.2, 0.25) is 0 Å². The van der Waals surface area contributed by atoms with E-state index < -0.39 is 125 Å². The number of fused-ring (bicyclic) bond motifs is 18. The first-order chi connectivity index (χ1) is 76.6. The van der Waals surface area contributed by atoms with E-state index in [1.54, 1.807) is 6.92 Å². The Morgan fingerprint density at radius 1 is 0.170 bits per heavy atom. The van der Waals surface area contributed by atoms with Crippen molar-refractivity contribution in [2.24, 2.45) is 0 Å². The molecule has 0 spiro atoms. The van der Waals surface area contributed by atoms with Gasteiger partial charge in [0.25, 0.3) is 0 Å². The maximum absolute atomic E-state index is 9.57. The summed E-state index contributed by atoms with van der Waals surface area (Å²) < 4.78 is 168. The molecule has 6 aromatic heterocycles. The Bertz CT molecular complexity index is 10100. The lowest BCUT2D eigenvalue weighted by Crippen LogP contribution is -2.10. The van der Waals surface area contributed by atoms with Crippen molar-refractivity contribution in [3.63, 3.8) is 0 Å². The summed E-state index contributed by atoms with van der Waals surface area (Å²) in [6.45, 7) is 15.3.